The molecule has 0 aromatic rings. The molecule has 0 aromatic carbocycles. The lowest BCUT2D eigenvalue weighted by atomic mass is 10.1. The first-order valence-electron chi connectivity index (χ1n) is 5.46. The van der Waals surface area contributed by atoms with Crippen LogP contribution in [0.4, 0.5) is 4.79 Å². The summed E-state index contributed by atoms with van der Waals surface area (Å²) in [6.45, 7) is 5.68. The fourth-order valence-electron chi connectivity index (χ4n) is 1.91. The Morgan fingerprint density at radius 3 is 3.00 bits per heavy atom. The van der Waals surface area contributed by atoms with E-state index in [0.717, 1.165) is 25.8 Å². The lowest BCUT2D eigenvalue weighted by Crippen LogP contribution is -2.37. The minimum Gasteiger partial charge on any atom is -0.333 e. The maximum Gasteiger partial charge on any atom is 0.317 e. The Balaban J connectivity index is 2.43. The number of nitrogens with zero attached hydrogens (tertiary/aromatic N) is 1. The zero-order valence-corrected chi connectivity index (χ0v) is 9.12. The summed E-state index contributed by atoms with van der Waals surface area (Å²) in [4.78, 5) is 13.4. The lowest BCUT2D eigenvalue weighted by Gasteiger charge is -2.22. The lowest BCUT2D eigenvalue weighted by molar-refractivity contribution is 0.199. The van der Waals surface area contributed by atoms with Gasteiger partial charge < -0.3 is 16.0 Å². The summed E-state index contributed by atoms with van der Waals surface area (Å²) in [6.07, 6.45) is 3.06. The van der Waals surface area contributed by atoms with Gasteiger partial charge in [-0.1, -0.05) is 13.3 Å². The van der Waals surface area contributed by atoms with Crippen molar-refractivity contribution in [2.24, 2.45) is 5.73 Å². The van der Waals surface area contributed by atoms with Crippen LogP contribution in [0.2, 0.25) is 0 Å². The van der Waals surface area contributed by atoms with Gasteiger partial charge in [0.25, 0.3) is 0 Å². The third-order valence-corrected chi connectivity index (χ3v) is 2.76. The average molecular weight is 199 g/mol. The van der Waals surface area contributed by atoms with Crippen LogP contribution in [0.15, 0.2) is 0 Å². The van der Waals surface area contributed by atoms with Crippen molar-refractivity contribution in [3.8, 4) is 0 Å². The molecule has 82 valence electrons. The molecule has 0 saturated carbocycles. The molecule has 0 aromatic heterocycles. The van der Waals surface area contributed by atoms with Crippen LogP contribution in [0.25, 0.3) is 0 Å². The summed E-state index contributed by atoms with van der Waals surface area (Å²) in [5.41, 5.74) is 5.48. The first-order valence-corrected chi connectivity index (χ1v) is 5.46. The van der Waals surface area contributed by atoms with Crippen molar-refractivity contribution in [1.82, 2.24) is 10.2 Å². The van der Waals surface area contributed by atoms with Gasteiger partial charge in [0, 0.05) is 18.6 Å². The second kappa shape index (κ2) is 5.20. The molecule has 4 heteroatoms. The Labute approximate surface area is 85.8 Å². The highest BCUT2D eigenvalue weighted by molar-refractivity contribution is 5.77. The third kappa shape index (κ3) is 2.61. The van der Waals surface area contributed by atoms with Crippen LogP contribution >= 0.6 is 0 Å². The molecule has 1 heterocycles. The Morgan fingerprint density at radius 1 is 1.71 bits per heavy atom. The molecule has 0 aliphatic carbocycles. The average Bonchev–Trinajstić information content (AvgIpc) is 2.48. The Hall–Kier alpha value is -0.770. The van der Waals surface area contributed by atoms with Crippen LogP contribution in [0.3, 0.4) is 0 Å². The first-order chi connectivity index (χ1) is 6.69. The largest absolute Gasteiger partial charge is 0.333 e. The predicted octanol–water partition coefficient (Wildman–Crippen LogP) is 0.918. The van der Waals surface area contributed by atoms with Crippen molar-refractivity contribution in [1.29, 1.82) is 0 Å². The number of carbonyl (C=O) groups is 1. The van der Waals surface area contributed by atoms with Gasteiger partial charge in [-0.3, -0.25) is 0 Å². The van der Waals surface area contributed by atoms with E-state index < -0.39 is 0 Å². The summed E-state index contributed by atoms with van der Waals surface area (Å²) in [7, 11) is 0. The van der Waals surface area contributed by atoms with E-state index in [9.17, 15) is 4.79 Å². The molecule has 1 fully saturated rings. The van der Waals surface area contributed by atoms with E-state index in [0.29, 0.717) is 12.6 Å². The summed E-state index contributed by atoms with van der Waals surface area (Å²) in [5.74, 6) is 0. The molecule has 2 unspecified atom stereocenters. The summed E-state index contributed by atoms with van der Waals surface area (Å²) >= 11 is 0. The van der Waals surface area contributed by atoms with Gasteiger partial charge in [-0.05, 0) is 26.3 Å². The van der Waals surface area contributed by atoms with Crippen LogP contribution in [-0.2, 0) is 0 Å². The number of hydrogen-bond acceptors (Lipinski definition) is 2. The number of nitrogens with one attached hydrogen (secondary N) is 1. The van der Waals surface area contributed by atoms with Crippen LogP contribution < -0.4 is 11.1 Å². The van der Waals surface area contributed by atoms with Crippen molar-refractivity contribution < 1.29 is 4.79 Å². The van der Waals surface area contributed by atoms with Crippen molar-refractivity contribution in [2.75, 3.05) is 13.1 Å². The Morgan fingerprint density at radius 2 is 2.43 bits per heavy atom. The van der Waals surface area contributed by atoms with E-state index in [-0.39, 0.29) is 12.1 Å². The van der Waals surface area contributed by atoms with Gasteiger partial charge in [-0.2, -0.15) is 0 Å². The number of urea groups is 1. The van der Waals surface area contributed by atoms with Crippen LogP contribution in [0.5, 0.6) is 0 Å². The molecular weight excluding hydrogens is 178 g/mol. The smallest absolute Gasteiger partial charge is 0.317 e. The van der Waals surface area contributed by atoms with E-state index in [4.69, 9.17) is 5.73 Å². The maximum atomic E-state index is 11.5. The molecule has 1 saturated heterocycles. The molecule has 4 nitrogen and oxygen atoms in total. The summed E-state index contributed by atoms with van der Waals surface area (Å²) < 4.78 is 0. The fourth-order valence-corrected chi connectivity index (χ4v) is 1.91. The molecular formula is C10H21N3O. The molecule has 14 heavy (non-hydrogen) atoms. The third-order valence-electron chi connectivity index (χ3n) is 2.76. The van der Waals surface area contributed by atoms with Crippen LogP contribution in [0.1, 0.15) is 33.1 Å². The van der Waals surface area contributed by atoms with Gasteiger partial charge in [0.1, 0.15) is 0 Å². The Bertz CT molecular complexity index is 196. The zero-order valence-electron chi connectivity index (χ0n) is 9.12. The van der Waals surface area contributed by atoms with E-state index in [1.807, 2.05) is 4.90 Å². The second-order valence-corrected chi connectivity index (χ2v) is 4.01. The molecule has 0 spiro atoms. The van der Waals surface area contributed by atoms with Crippen molar-refractivity contribution in [2.45, 2.75) is 45.2 Å². The fraction of sp³-hybridized carbons (Fsp3) is 0.900. The van der Waals surface area contributed by atoms with Gasteiger partial charge in [0.15, 0.2) is 0 Å². The minimum absolute atomic E-state index is 0.0735. The molecule has 1 aliphatic rings. The van der Waals surface area contributed by atoms with Gasteiger partial charge in [-0.25, -0.2) is 4.79 Å². The van der Waals surface area contributed by atoms with Gasteiger partial charge in [0.2, 0.25) is 0 Å². The zero-order chi connectivity index (χ0) is 10.6. The Kier molecular flexibility index (Phi) is 4.20. The number of carbonyl (C=O) groups excluding carboxylic acids is 1. The number of hydrogen-bond donors (Lipinski definition) is 2. The standard InChI is InChI=1S/C10H21N3O/c1-3-4-9-7-13(10(14)12-9)8(2)5-6-11/h8-9H,3-7,11H2,1-2H3,(H,12,14). The topological polar surface area (TPSA) is 58.4 Å². The highest BCUT2D eigenvalue weighted by Crippen LogP contribution is 2.13. The highest BCUT2D eigenvalue weighted by atomic mass is 16.2. The van der Waals surface area contributed by atoms with Gasteiger partial charge in [0.05, 0.1) is 0 Å². The van der Waals surface area contributed by atoms with Crippen molar-refractivity contribution in [3.63, 3.8) is 0 Å². The van der Waals surface area contributed by atoms with Crippen LogP contribution in [-0.4, -0.2) is 36.1 Å². The van der Waals surface area contributed by atoms with Crippen molar-refractivity contribution >= 4 is 6.03 Å². The van der Waals surface area contributed by atoms with Gasteiger partial charge in [-0.15, -0.1) is 0 Å². The van der Waals surface area contributed by atoms with Crippen molar-refractivity contribution in [3.05, 3.63) is 0 Å². The number of nitrogens with two attached hydrogens (primary N) is 1. The van der Waals surface area contributed by atoms with E-state index in [1.165, 1.54) is 0 Å². The second-order valence-electron chi connectivity index (χ2n) is 4.01. The monoisotopic (exact) mass is 199 g/mol. The normalized spacial score (nSPS) is 23.8. The summed E-state index contributed by atoms with van der Waals surface area (Å²) in [6, 6.07) is 0.680. The molecule has 2 amide bonds. The predicted molar refractivity (Wildman–Crippen MR) is 57.1 cm³/mol. The maximum absolute atomic E-state index is 11.5. The molecule has 0 radical (unpaired) electrons. The minimum atomic E-state index is 0.0735. The van der Waals surface area contributed by atoms with E-state index in [2.05, 4.69) is 19.2 Å². The molecule has 0 bridgehead atoms. The quantitative estimate of drug-likeness (QED) is 0.691. The molecule has 1 aliphatic heterocycles. The number of rotatable bonds is 5. The molecule has 3 N–H and O–H groups in total. The SMILES string of the molecule is CCCC1CN(C(C)CCN)C(=O)N1. The van der Waals surface area contributed by atoms with E-state index in [1.54, 1.807) is 0 Å². The molecule has 1 rings (SSSR count). The van der Waals surface area contributed by atoms with E-state index >= 15 is 0 Å². The molecule has 2 atom stereocenters. The number of amides is 2. The summed E-state index contributed by atoms with van der Waals surface area (Å²) in [5, 5.41) is 2.99. The van der Waals surface area contributed by atoms with Crippen LogP contribution in [0, 0.1) is 0 Å². The van der Waals surface area contributed by atoms with Gasteiger partial charge >= 0.3 is 6.03 Å². The first kappa shape index (κ1) is 11.3. The highest BCUT2D eigenvalue weighted by Gasteiger charge is 2.30.